The average molecular weight is 998 g/mol. The number of rotatable bonds is 58. The van der Waals surface area contributed by atoms with Gasteiger partial charge in [-0.3, -0.25) is 14.4 Å². The molecule has 0 spiro atoms. The van der Waals surface area contributed by atoms with Crippen molar-refractivity contribution in [3.05, 3.63) is 36.5 Å². The maximum Gasteiger partial charge on any atom is 0.306 e. The van der Waals surface area contributed by atoms with Crippen LogP contribution in [0.15, 0.2) is 36.5 Å². The quantitative estimate of drug-likeness (QED) is 0.0261. The molecule has 0 heterocycles. The van der Waals surface area contributed by atoms with Crippen LogP contribution >= 0.6 is 0 Å². The summed E-state index contributed by atoms with van der Waals surface area (Å²) in [6.45, 7) is 6.67. The van der Waals surface area contributed by atoms with E-state index < -0.39 is 6.10 Å². The molecule has 1 atom stereocenters. The van der Waals surface area contributed by atoms with Crippen molar-refractivity contribution >= 4 is 17.9 Å². The Labute approximate surface area is 442 Å². The van der Waals surface area contributed by atoms with Crippen LogP contribution in [-0.2, 0) is 28.6 Å². The summed E-state index contributed by atoms with van der Waals surface area (Å²) in [5, 5.41) is 0. The largest absolute Gasteiger partial charge is 0.462 e. The van der Waals surface area contributed by atoms with Crippen LogP contribution < -0.4 is 0 Å². The van der Waals surface area contributed by atoms with Gasteiger partial charge < -0.3 is 14.2 Å². The molecule has 0 saturated heterocycles. The standard InChI is InChI=1S/C65H120O6/c1-4-7-10-13-16-19-22-24-26-28-30-32-34-36-38-40-43-46-49-52-55-58-64(67)70-61-62(60-69-63(66)57-54-51-48-45-42-21-18-15-12-9-6-3)71-65(68)59-56-53-50-47-44-41-39-37-35-33-31-29-27-25-23-20-17-14-11-8-5-2/h22,24,28,30,34,36,62H,4-21,23,25-27,29,31-33,35,37-61H2,1-3H3/b24-22-,30-28-,36-34-. The van der Waals surface area contributed by atoms with Crippen molar-refractivity contribution in [2.75, 3.05) is 13.2 Å². The van der Waals surface area contributed by atoms with Crippen LogP contribution in [0.3, 0.4) is 0 Å². The molecule has 416 valence electrons. The van der Waals surface area contributed by atoms with Crippen molar-refractivity contribution in [1.29, 1.82) is 0 Å². The highest BCUT2D eigenvalue weighted by Gasteiger charge is 2.19. The highest BCUT2D eigenvalue weighted by molar-refractivity contribution is 5.71. The second-order valence-corrected chi connectivity index (χ2v) is 21.3. The van der Waals surface area contributed by atoms with Crippen LogP contribution in [0.1, 0.15) is 342 Å². The molecule has 0 aromatic carbocycles. The minimum absolute atomic E-state index is 0.0714. The summed E-state index contributed by atoms with van der Waals surface area (Å²) in [5.41, 5.74) is 0. The predicted octanol–water partition coefficient (Wildman–Crippen LogP) is 21.2. The molecular weight excluding hydrogens is 877 g/mol. The van der Waals surface area contributed by atoms with Gasteiger partial charge in [0.1, 0.15) is 13.2 Å². The summed E-state index contributed by atoms with van der Waals surface area (Å²) in [6.07, 6.45) is 72.9. The molecule has 0 amide bonds. The number of ether oxygens (including phenoxy) is 3. The molecule has 0 fully saturated rings. The molecule has 1 unspecified atom stereocenters. The molecule has 0 aliphatic heterocycles. The highest BCUT2D eigenvalue weighted by Crippen LogP contribution is 2.17. The summed E-state index contributed by atoms with van der Waals surface area (Å²) < 4.78 is 16.9. The van der Waals surface area contributed by atoms with Crippen molar-refractivity contribution in [3.63, 3.8) is 0 Å². The fourth-order valence-corrected chi connectivity index (χ4v) is 9.39. The van der Waals surface area contributed by atoms with Gasteiger partial charge in [0.15, 0.2) is 6.10 Å². The molecule has 0 N–H and O–H groups in total. The lowest BCUT2D eigenvalue weighted by Crippen LogP contribution is -2.30. The van der Waals surface area contributed by atoms with Gasteiger partial charge in [-0.1, -0.05) is 301 Å². The van der Waals surface area contributed by atoms with E-state index in [9.17, 15) is 14.4 Å². The van der Waals surface area contributed by atoms with Gasteiger partial charge in [-0.05, 0) is 57.8 Å². The molecule has 6 heteroatoms. The minimum Gasteiger partial charge on any atom is -0.462 e. The summed E-state index contributed by atoms with van der Waals surface area (Å²) >= 11 is 0. The van der Waals surface area contributed by atoms with Gasteiger partial charge in [0, 0.05) is 19.3 Å². The molecule has 0 aliphatic rings. The Morgan fingerprint density at radius 2 is 0.507 bits per heavy atom. The molecule has 0 saturated carbocycles. The first-order chi connectivity index (χ1) is 35.0. The monoisotopic (exact) mass is 997 g/mol. The lowest BCUT2D eigenvalue weighted by Gasteiger charge is -2.18. The Bertz CT molecular complexity index is 1190. The van der Waals surface area contributed by atoms with Gasteiger partial charge in [0.05, 0.1) is 0 Å². The maximum absolute atomic E-state index is 12.9. The normalized spacial score (nSPS) is 12.2. The first-order valence-electron chi connectivity index (χ1n) is 31.5. The zero-order chi connectivity index (χ0) is 51.4. The number of esters is 3. The molecule has 0 bridgehead atoms. The van der Waals surface area contributed by atoms with Gasteiger partial charge in [0.2, 0.25) is 0 Å². The number of unbranched alkanes of at least 4 members (excludes halogenated alkanes) is 41. The minimum atomic E-state index is -0.774. The molecule has 6 nitrogen and oxygen atoms in total. The molecule has 0 aliphatic carbocycles. The third-order valence-electron chi connectivity index (χ3n) is 14.1. The highest BCUT2D eigenvalue weighted by atomic mass is 16.6. The zero-order valence-electron chi connectivity index (χ0n) is 47.8. The number of carbonyl (C=O) groups excluding carboxylic acids is 3. The van der Waals surface area contributed by atoms with Gasteiger partial charge >= 0.3 is 17.9 Å². The van der Waals surface area contributed by atoms with E-state index in [2.05, 4.69) is 57.2 Å². The van der Waals surface area contributed by atoms with Crippen LogP contribution in [0, 0.1) is 0 Å². The number of hydrogen-bond donors (Lipinski definition) is 0. The molecule has 0 aromatic heterocycles. The van der Waals surface area contributed by atoms with Crippen molar-refractivity contribution in [1.82, 2.24) is 0 Å². The van der Waals surface area contributed by atoms with Crippen LogP contribution in [0.2, 0.25) is 0 Å². The lowest BCUT2D eigenvalue weighted by atomic mass is 10.0. The second kappa shape index (κ2) is 60.2. The summed E-state index contributed by atoms with van der Waals surface area (Å²) in [6, 6.07) is 0. The molecule has 0 aromatic rings. The maximum atomic E-state index is 12.9. The van der Waals surface area contributed by atoms with Crippen molar-refractivity contribution < 1.29 is 28.6 Å². The van der Waals surface area contributed by atoms with Gasteiger partial charge in [-0.2, -0.15) is 0 Å². The third-order valence-corrected chi connectivity index (χ3v) is 14.1. The van der Waals surface area contributed by atoms with Crippen molar-refractivity contribution in [3.8, 4) is 0 Å². The lowest BCUT2D eigenvalue weighted by molar-refractivity contribution is -0.167. The number of allylic oxidation sites excluding steroid dienone is 6. The summed E-state index contributed by atoms with van der Waals surface area (Å²) in [7, 11) is 0. The van der Waals surface area contributed by atoms with Crippen LogP contribution in [-0.4, -0.2) is 37.2 Å². The molecule has 71 heavy (non-hydrogen) atoms. The summed E-state index contributed by atoms with van der Waals surface area (Å²) in [5.74, 6) is -0.862. The Morgan fingerprint density at radius 1 is 0.282 bits per heavy atom. The van der Waals surface area contributed by atoms with E-state index in [1.165, 1.54) is 225 Å². The van der Waals surface area contributed by atoms with E-state index in [0.29, 0.717) is 19.3 Å². The zero-order valence-corrected chi connectivity index (χ0v) is 47.8. The Hall–Kier alpha value is -2.37. The van der Waals surface area contributed by atoms with E-state index in [4.69, 9.17) is 14.2 Å². The fraction of sp³-hybridized carbons (Fsp3) is 0.862. The molecular formula is C65H120O6. The van der Waals surface area contributed by atoms with E-state index >= 15 is 0 Å². The van der Waals surface area contributed by atoms with Crippen molar-refractivity contribution in [2.45, 2.75) is 348 Å². The average Bonchev–Trinajstić information content (AvgIpc) is 3.37. The third kappa shape index (κ3) is 58.4. The van der Waals surface area contributed by atoms with Crippen LogP contribution in [0.5, 0.6) is 0 Å². The number of carbonyl (C=O) groups is 3. The SMILES string of the molecule is CCCCCCC/C=C\C/C=C\C/C=C\CCCCCCCCC(=O)OCC(COC(=O)CCCCCCCCCCCCC)OC(=O)CCCCCCCCCCCCCCCCCCCCCCC. The van der Waals surface area contributed by atoms with Gasteiger partial charge in [-0.25, -0.2) is 0 Å². The van der Waals surface area contributed by atoms with Crippen LogP contribution in [0.4, 0.5) is 0 Å². The smallest absolute Gasteiger partial charge is 0.306 e. The Kier molecular flexibility index (Phi) is 58.2. The topological polar surface area (TPSA) is 78.9 Å². The number of hydrogen-bond acceptors (Lipinski definition) is 6. The Morgan fingerprint density at radius 3 is 0.789 bits per heavy atom. The molecule has 0 rings (SSSR count). The molecule has 0 radical (unpaired) electrons. The van der Waals surface area contributed by atoms with Gasteiger partial charge in [0.25, 0.3) is 0 Å². The second-order valence-electron chi connectivity index (χ2n) is 21.3. The van der Waals surface area contributed by atoms with Gasteiger partial charge in [-0.15, -0.1) is 0 Å². The van der Waals surface area contributed by atoms with E-state index in [1.807, 2.05) is 0 Å². The van der Waals surface area contributed by atoms with E-state index in [0.717, 1.165) is 77.0 Å². The Balaban J connectivity index is 4.28. The van der Waals surface area contributed by atoms with Crippen LogP contribution in [0.25, 0.3) is 0 Å². The predicted molar refractivity (Wildman–Crippen MR) is 307 cm³/mol. The first-order valence-corrected chi connectivity index (χ1v) is 31.5. The fourth-order valence-electron chi connectivity index (χ4n) is 9.39. The van der Waals surface area contributed by atoms with Crippen molar-refractivity contribution in [2.24, 2.45) is 0 Å². The van der Waals surface area contributed by atoms with E-state index in [-0.39, 0.29) is 31.1 Å². The summed E-state index contributed by atoms with van der Waals surface area (Å²) in [4.78, 5) is 38.2. The first kappa shape index (κ1) is 68.6. The van der Waals surface area contributed by atoms with E-state index in [1.54, 1.807) is 0 Å².